The highest BCUT2D eigenvalue weighted by atomic mass is 35.5. The van der Waals surface area contributed by atoms with E-state index in [1.807, 2.05) is 6.08 Å². The van der Waals surface area contributed by atoms with Gasteiger partial charge in [0.15, 0.2) is 5.78 Å². The first-order valence-electron chi connectivity index (χ1n) is 10.1. The SMILES string of the molecule is CCC12C[C@H](C)[C@H]3[C@@H](CCC4=CC(=O)CC[C@@H]43)[C@@H]1CC=C(Cl)[C@@H]2C. The number of fused-ring (bicyclic) bond motifs is 5. The second-order valence-electron chi connectivity index (χ2n) is 9.03. The summed E-state index contributed by atoms with van der Waals surface area (Å²) in [5, 5.41) is 1.11. The zero-order chi connectivity index (χ0) is 17.1. The molecule has 0 saturated heterocycles. The average Bonchev–Trinajstić information content (AvgIpc) is 2.58. The molecular weight excluding hydrogens is 316 g/mol. The van der Waals surface area contributed by atoms with Gasteiger partial charge in [-0.3, -0.25) is 4.79 Å². The molecule has 2 heteroatoms. The molecule has 4 aliphatic rings. The molecule has 4 rings (SSSR count). The zero-order valence-corrected chi connectivity index (χ0v) is 16.1. The third-order valence-corrected chi connectivity index (χ3v) is 8.85. The first-order chi connectivity index (χ1) is 11.5. The fourth-order valence-corrected chi connectivity index (χ4v) is 7.61. The fourth-order valence-electron chi connectivity index (χ4n) is 7.30. The van der Waals surface area contributed by atoms with Gasteiger partial charge in [0, 0.05) is 11.5 Å². The highest BCUT2D eigenvalue weighted by Crippen LogP contribution is 2.65. The van der Waals surface area contributed by atoms with Gasteiger partial charge >= 0.3 is 0 Å². The lowest BCUT2D eigenvalue weighted by Gasteiger charge is -2.61. The van der Waals surface area contributed by atoms with Crippen LogP contribution in [0.1, 0.15) is 65.7 Å². The van der Waals surface area contributed by atoms with Gasteiger partial charge in [0.25, 0.3) is 0 Å². The summed E-state index contributed by atoms with van der Waals surface area (Å²) in [4.78, 5) is 11.9. The Morgan fingerprint density at radius 3 is 2.79 bits per heavy atom. The molecule has 0 aromatic heterocycles. The van der Waals surface area contributed by atoms with E-state index in [4.69, 9.17) is 11.6 Å². The first kappa shape index (κ1) is 16.9. The van der Waals surface area contributed by atoms with Gasteiger partial charge in [-0.15, -0.1) is 0 Å². The molecule has 0 N–H and O–H groups in total. The lowest BCUT2D eigenvalue weighted by molar-refractivity contribution is -0.117. The van der Waals surface area contributed by atoms with Crippen LogP contribution in [-0.2, 0) is 4.79 Å². The van der Waals surface area contributed by atoms with Crippen LogP contribution in [0.5, 0.6) is 0 Å². The van der Waals surface area contributed by atoms with Crippen LogP contribution in [0.2, 0.25) is 0 Å². The summed E-state index contributed by atoms with van der Waals surface area (Å²) in [7, 11) is 0. The highest BCUT2D eigenvalue weighted by molar-refractivity contribution is 6.29. The molecule has 0 aromatic carbocycles. The van der Waals surface area contributed by atoms with Crippen molar-refractivity contribution in [1.29, 1.82) is 0 Å². The smallest absolute Gasteiger partial charge is 0.155 e. The van der Waals surface area contributed by atoms with Crippen LogP contribution in [0.25, 0.3) is 0 Å². The highest BCUT2D eigenvalue weighted by Gasteiger charge is 2.57. The van der Waals surface area contributed by atoms with E-state index in [1.165, 1.54) is 31.3 Å². The van der Waals surface area contributed by atoms with Crippen LogP contribution < -0.4 is 0 Å². The van der Waals surface area contributed by atoms with E-state index in [-0.39, 0.29) is 0 Å². The molecule has 0 heterocycles. The normalized spacial score (nSPS) is 47.9. The molecular formula is C22H31ClO. The van der Waals surface area contributed by atoms with E-state index in [9.17, 15) is 4.79 Å². The second-order valence-corrected chi connectivity index (χ2v) is 9.47. The molecule has 1 nitrogen and oxygen atoms in total. The van der Waals surface area contributed by atoms with Crippen molar-refractivity contribution in [2.24, 2.45) is 40.9 Å². The van der Waals surface area contributed by atoms with Gasteiger partial charge in [-0.2, -0.15) is 0 Å². The predicted octanol–water partition coefficient (Wildman–Crippen LogP) is 6.13. The van der Waals surface area contributed by atoms with E-state index < -0.39 is 0 Å². The molecule has 0 spiro atoms. The first-order valence-corrected chi connectivity index (χ1v) is 10.4. The standard InChI is InChI=1S/C22H31ClO/c1-4-22-12-13(2)21-17-8-6-16(24)11-15(17)5-7-18(21)19(22)9-10-20(23)14(22)3/h10-11,13-14,17-19,21H,4-9,12H2,1-3H3/t13-,14-,17-,18-,19-,21+,22?/m0/s1. The van der Waals surface area contributed by atoms with Crippen molar-refractivity contribution in [3.63, 3.8) is 0 Å². The maximum absolute atomic E-state index is 11.9. The summed E-state index contributed by atoms with van der Waals surface area (Å²) in [5.41, 5.74) is 1.89. The number of halogens is 1. The lowest BCUT2D eigenvalue weighted by Crippen LogP contribution is -2.54. The van der Waals surface area contributed by atoms with Gasteiger partial charge in [-0.25, -0.2) is 0 Å². The molecule has 2 saturated carbocycles. The van der Waals surface area contributed by atoms with Crippen LogP contribution in [-0.4, -0.2) is 5.78 Å². The van der Waals surface area contributed by atoms with Crippen LogP contribution >= 0.6 is 11.6 Å². The van der Waals surface area contributed by atoms with Crippen LogP contribution in [0, 0.1) is 40.9 Å². The van der Waals surface area contributed by atoms with Crippen LogP contribution in [0.15, 0.2) is 22.8 Å². The van der Waals surface area contributed by atoms with Crippen molar-refractivity contribution in [3.05, 3.63) is 22.8 Å². The van der Waals surface area contributed by atoms with Crippen LogP contribution in [0.3, 0.4) is 0 Å². The molecule has 4 aliphatic carbocycles. The summed E-state index contributed by atoms with van der Waals surface area (Å²) in [6, 6.07) is 0. The van der Waals surface area contributed by atoms with Gasteiger partial charge in [0.05, 0.1) is 0 Å². The molecule has 7 atom stereocenters. The molecule has 1 unspecified atom stereocenters. The second kappa shape index (κ2) is 6.01. The van der Waals surface area contributed by atoms with E-state index >= 15 is 0 Å². The molecule has 0 bridgehead atoms. The van der Waals surface area contributed by atoms with Crippen molar-refractivity contribution >= 4 is 17.4 Å². The summed E-state index contributed by atoms with van der Waals surface area (Å²) >= 11 is 6.62. The monoisotopic (exact) mass is 346 g/mol. The van der Waals surface area contributed by atoms with Crippen molar-refractivity contribution < 1.29 is 4.79 Å². The Labute approximate surface area is 151 Å². The van der Waals surface area contributed by atoms with Crippen molar-refractivity contribution in [1.82, 2.24) is 0 Å². The van der Waals surface area contributed by atoms with E-state index in [2.05, 4.69) is 26.8 Å². The lowest BCUT2D eigenvalue weighted by atomic mass is 9.44. The number of carbonyl (C=O) groups is 1. The molecule has 0 aliphatic heterocycles. The Hall–Kier alpha value is -0.560. The Morgan fingerprint density at radius 2 is 2.04 bits per heavy atom. The number of rotatable bonds is 1. The molecule has 0 radical (unpaired) electrons. The third kappa shape index (κ3) is 2.30. The van der Waals surface area contributed by atoms with E-state index in [0.29, 0.717) is 23.0 Å². The van der Waals surface area contributed by atoms with Crippen molar-refractivity contribution in [2.45, 2.75) is 65.7 Å². The number of allylic oxidation sites excluding steroid dienone is 4. The zero-order valence-electron chi connectivity index (χ0n) is 15.4. The molecule has 2 fully saturated rings. The summed E-state index contributed by atoms with van der Waals surface area (Å²) < 4.78 is 0. The van der Waals surface area contributed by atoms with Gasteiger partial charge in [0.1, 0.15) is 0 Å². The van der Waals surface area contributed by atoms with Gasteiger partial charge in [0.2, 0.25) is 0 Å². The summed E-state index contributed by atoms with van der Waals surface area (Å²) in [6.07, 6.45) is 12.4. The van der Waals surface area contributed by atoms with Crippen LogP contribution in [0.4, 0.5) is 0 Å². The summed E-state index contributed by atoms with van der Waals surface area (Å²) in [6.45, 7) is 7.25. The maximum atomic E-state index is 11.9. The van der Waals surface area contributed by atoms with E-state index in [0.717, 1.165) is 48.0 Å². The largest absolute Gasteiger partial charge is 0.295 e. The van der Waals surface area contributed by atoms with Gasteiger partial charge in [-0.05, 0) is 85.5 Å². The third-order valence-electron chi connectivity index (χ3n) is 8.37. The van der Waals surface area contributed by atoms with Crippen molar-refractivity contribution in [3.8, 4) is 0 Å². The molecule has 0 amide bonds. The Balaban J connectivity index is 1.72. The number of hydrogen-bond donors (Lipinski definition) is 0. The fraction of sp³-hybridized carbons (Fsp3) is 0.773. The van der Waals surface area contributed by atoms with E-state index in [1.54, 1.807) is 0 Å². The average molecular weight is 347 g/mol. The number of carbonyl (C=O) groups excluding carboxylic acids is 1. The van der Waals surface area contributed by atoms with Gasteiger partial charge in [-0.1, -0.05) is 44.0 Å². The Kier molecular flexibility index (Phi) is 4.23. The molecule has 132 valence electrons. The minimum Gasteiger partial charge on any atom is -0.295 e. The maximum Gasteiger partial charge on any atom is 0.155 e. The number of hydrogen-bond acceptors (Lipinski definition) is 1. The predicted molar refractivity (Wildman–Crippen MR) is 99.7 cm³/mol. The van der Waals surface area contributed by atoms with Crippen molar-refractivity contribution in [2.75, 3.05) is 0 Å². The topological polar surface area (TPSA) is 17.1 Å². The van der Waals surface area contributed by atoms with Gasteiger partial charge < -0.3 is 0 Å². The minimum atomic E-state index is 0.368. The Bertz CT molecular complexity index is 603. The number of ketones is 1. The summed E-state index contributed by atoms with van der Waals surface area (Å²) in [5.74, 6) is 4.72. The molecule has 24 heavy (non-hydrogen) atoms. The Morgan fingerprint density at radius 1 is 1.25 bits per heavy atom. The quantitative estimate of drug-likeness (QED) is 0.557. The minimum absolute atomic E-state index is 0.368. The molecule has 0 aromatic rings.